The summed E-state index contributed by atoms with van der Waals surface area (Å²) in [6.45, 7) is 6.99. The first-order chi connectivity index (χ1) is 10.7. The Morgan fingerprint density at radius 2 is 2.23 bits per heavy atom. The van der Waals surface area contributed by atoms with Crippen molar-refractivity contribution in [2.24, 2.45) is 5.92 Å². The molecule has 3 nitrogen and oxygen atoms in total. The minimum atomic E-state index is 0.318. The Morgan fingerprint density at radius 3 is 3.00 bits per heavy atom. The van der Waals surface area contributed by atoms with Crippen LogP contribution in [0.5, 0.6) is 0 Å². The highest BCUT2D eigenvalue weighted by Gasteiger charge is 2.40. The highest BCUT2D eigenvalue weighted by molar-refractivity contribution is 5.89. The van der Waals surface area contributed by atoms with Crippen LogP contribution in [-0.2, 0) is 6.42 Å². The molecule has 1 aromatic carbocycles. The first-order valence-electron chi connectivity index (χ1n) is 8.67. The number of nitrogens with one attached hydrogen (secondary N) is 1. The van der Waals surface area contributed by atoms with Crippen LogP contribution in [0.1, 0.15) is 42.5 Å². The van der Waals surface area contributed by atoms with E-state index in [9.17, 15) is 5.11 Å². The SMILES string of the molecule is CCCN1CC(CO)C[C@@H]2c3cccc4[nH]c(C)c(c34)C[C@H]21. The van der Waals surface area contributed by atoms with E-state index < -0.39 is 0 Å². The zero-order valence-corrected chi connectivity index (χ0v) is 13.6. The maximum atomic E-state index is 9.73. The second-order valence-corrected chi connectivity index (χ2v) is 7.16. The molecule has 2 N–H and O–H groups in total. The van der Waals surface area contributed by atoms with Gasteiger partial charge in [-0.1, -0.05) is 19.1 Å². The van der Waals surface area contributed by atoms with E-state index in [2.05, 4.69) is 41.9 Å². The van der Waals surface area contributed by atoms with Crippen molar-refractivity contribution < 1.29 is 5.11 Å². The number of aryl methyl sites for hydroxylation is 1. The molecule has 0 radical (unpaired) electrons. The number of hydrogen-bond donors (Lipinski definition) is 2. The third-order valence-corrected chi connectivity index (χ3v) is 5.77. The summed E-state index contributed by atoms with van der Waals surface area (Å²) in [6, 6.07) is 7.31. The number of fused-ring (bicyclic) bond motifs is 2. The Balaban J connectivity index is 1.83. The Labute approximate surface area is 132 Å². The Bertz CT molecular complexity index is 690. The molecule has 1 aromatic heterocycles. The number of aliphatic hydroxyl groups is 1. The summed E-state index contributed by atoms with van der Waals surface area (Å²) in [6.07, 6.45) is 3.47. The van der Waals surface area contributed by atoms with E-state index >= 15 is 0 Å². The van der Waals surface area contributed by atoms with E-state index in [1.54, 1.807) is 0 Å². The number of benzene rings is 1. The number of likely N-dealkylation sites (tertiary alicyclic amines) is 1. The standard InChI is InChI=1S/C19H26N2O/c1-3-7-21-10-13(11-22)8-16-14-5-4-6-17-19(14)15(9-18(16)21)12(2)20-17/h4-6,13,16,18,20,22H,3,7-11H2,1-2H3/t13?,16-,18-/m1/s1. The number of nitrogens with zero attached hydrogens (tertiary/aromatic N) is 1. The smallest absolute Gasteiger partial charge is 0.0471 e. The van der Waals surface area contributed by atoms with Gasteiger partial charge in [0.1, 0.15) is 0 Å². The first-order valence-corrected chi connectivity index (χ1v) is 8.67. The quantitative estimate of drug-likeness (QED) is 0.913. The summed E-state index contributed by atoms with van der Waals surface area (Å²) in [5, 5.41) is 11.2. The van der Waals surface area contributed by atoms with Crippen LogP contribution in [0.2, 0.25) is 0 Å². The van der Waals surface area contributed by atoms with Crippen molar-refractivity contribution in [3.63, 3.8) is 0 Å². The Kier molecular flexibility index (Phi) is 3.50. The molecular formula is C19H26N2O. The third-order valence-electron chi connectivity index (χ3n) is 5.77. The molecule has 22 heavy (non-hydrogen) atoms. The number of hydrogen-bond acceptors (Lipinski definition) is 2. The van der Waals surface area contributed by atoms with E-state index in [1.165, 1.54) is 34.1 Å². The zero-order chi connectivity index (χ0) is 15.3. The van der Waals surface area contributed by atoms with Crippen LogP contribution in [0.25, 0.3) is 10.9 Å². The monoisotopic (exact) mass is 298 g/mol. The molecule has 2 heterocycles. The van der Waals surface area contributed by atoms with Crippen LogP contribution in [0.3, 0.4) is 0 Å². The lowest BCUT2D eigenvalue weighted by molar-refractivity contribution is 0.0571. The summed E-state index contributed by atoms with van der Waals surface area (Å²) in [7, 11) is 0. The van der Waals surface area contributed by atoms with Crippen LogP contribution in [0.4, 0.5) is 0 Å². The van der Waals surface area contributed by atoms with Crippen molar-refractivity contribution in [3.8, 4) is 0 Å². The van der Waals surface area contributed by atoms with Gasteiger partial charge in [-0.25, -0.2) is 0 Å². The number of H-pyrrole nitrogens is 1. The maximum absolute atomic E-state index is 9.73. The minimum Gasteiger partial charge on any atom is -0.396 e. The van der Waals surface area contributed by atoms with Gasteiger partial charge in [0.05, 0.1) is 0 Å². The van der Waals surface area contributed by atoms with Crippen LogP contribution in [-0.4, -0.2) is 40.7 Å². The van der Waals surface area contributed by atoms with Gasteiger partial charge in [-0.3, -0.25) is 4.90 Å². The molecule has 4 rings (SSSR count). The van der Waals surface area contributed by atoms with Gasteiger partial charge in [0, 0.05) is 41.7 Å². The van der Waals surface area contributed by atoms with Gasteiger partial charge < -0.3 is 10.1 Å². The summed E-state index contributed by atoms with van der Waals surface area (Å²) < 4.78 is 0. The van der Waals surface area contributed by atoms with Crippen molar-refractivity contribution in [3.05, 3.63) is 35.0 Å². The predicted molar refractivity (Wildman–Crippen MR) is 90.3 cm³/mol. The molecule has 1 aliphatic carbocycles. The van der Waals surface area contributed by atoms with Gasteiger partial charge >= 0.3 is 0 Å². The molecule has 2 aromatic rings. The molecule has 1 aliphatic heterocycles. The fourth-order valence-corrected chi connectivity index (χ4v) is 4.84. The van der Waals surface area contributed by atoms with E-state index in [0.717, 1.165) is 25.9 Å². The lowest BCUT2D eigenvalue weighted by Crippen LogP contribution is -2.50. The lowest BCUT2D eigenvalue weighted by atomic mass is 9.72. The normalized spacial score (nSPS) is 28.0. The van der Waals surface area contributed by atoms with Crippen molar-refractivity contribution in [2.75, 3.05) is 19.7 Å². The van der Waals surface area contributed by atoms with Crippen LogP contribution < -0.4 is 0 Å². The van der Waals surface area contributed by atoms with Gasteiger partial charge in [-0.2, -0.15) is 0 Å². The molecule has 3 heteroatoms. The number of aliphatic hydroxyl groups excluding tert-OH is 1. The highest BCUT2D eigenvalue weighted by Crippen LogP contribution is 2.45. The molecule has 1 fully saturated rings. The molecule has 1 saturated heterocycles. The highest BCUT2D eigenvalue weighted by atomic mass is 16.3. The molecule has 0 amide bonds. The van der Waals surface area contributed by atoms with Gasteiger partial charge in [0.25, 0.3) is 0 Å². The Morgan fingerprint density at radius 1 is 1.36 bits per heavy atom. The van der Waals surface area contributed by atoms with Crippen molar-refractivity contribution in [2.45, 2.75) is 45.1 Å². The third kappa shape index (κ3) is 2.03. The maximum Gasteiger partial charge on any atom is 0.0471 e. The number of piperidine rings is 1. The predicted octanol–water partition coefficient (Wildman–Crippen LogP) is 3.21. The van der Waals surface area contributed by atoms with E-state index in [4.69, 9.17) is 0 Å². The van der Waals surface area contributed by atoms with Gasteiger partial charge in [0.15, 0.2) is 0 Å². The largest absolute Gasteiger partial charge is 0.396 e. The van der Waals surface area contributed by atoms with Crippen molar-refractivity contribution >= 4 is 10.9 Å². The average molecular weight is 298 g/mol. The minimum absolute atomic E-state index is 0.318. The average Bonchev–Trinajstić information content (AvgIpc) is 2.85. The van der Waals surface area contributed by atoms with E-state index in [1.807, 2.05) is 0 Å². The summed E-state index contributed by atoms with van der Waals surface area (Å²) in [5.74, 6) is 0.994. The van der Waals surface area contributed by atoms with Gasteiger partial charge in [-0.05, 0) is 55.8 Å². The van der Waals surface area contributed by atoms with Crippen molar-refractivity contribution in [1.29, 1.82) is 0 Å². The van der Waals surface area contributed by atoms with E-state index in [0.29, 0.717) is 24.5 Å². The summed E-state index contributed by atoms with van der Waals surface area (Å²) in [4.78, 5) is 6.21. The molecular weight excluding hydrogens is 272 g/mol. The van der Waals surface area contributed by atoms with Crippen LogP contribution in [0, 0.1) is 12.8 Å². The lowest BCUT2D eigenvalue weighted by Gasteiger charge is -2.47. The molecule has 2 aliphatic rings. The van der Waals surface area contributed by atoms with Crippen LogP contribution >= 0.6 is 0 Å². The summed E-state index contributed by atoms with van der Waals surface area (Å²) >= 11 is 0. The molecule has 0 bridgehead atoms. The topological polar surface area (TPSA) is 39.3 Å². The van der Waals surface area contributed by atoms with Crippen LogP contribution in [0.15, 0.2) is 18.2 Å². The molecule has 3 atom stereocenters. The fraction of sp³-hybridized carbons (Fsp3) is 0.579. The fourth-order valence-electron chi connectivity index (χ4n) is 4.84. The second-order valence-electron chi connectivity index (χ2n) is 7.16. The van der Waals surface area contributed by atoms with Gasteiger partial charge in [-0.15, -0.1) is 0 Å². The second kappa shape index (κ2) is 5.39. The Hall–Kier alpha value is -1.32. The molecule has 0 spiro atoms. The number of aromatic amines is 1. The number of rotatable bonds is 3. The molecule has 118 valence electrons. The molecule has 0 saturated carbocycles. The van der Waals surface area contributed by atoms with Gasteiger partial charge in [0.2, 0.25) is 0 Å². The first kappa shape index (κ1) is 14.3. The zero-order valence-electron chi connectivity index (χ0n) is 13.6. The molecule has 1 unspecified atom stereocenters. The number of aromatic nitrogens is 1. The van der Waals surface area contributed by atoms with E-state index in [-0.39, 0.29) is 0 Å². The summed E-state index contributed by atoms with van der Waals surface area (Å²) in [5.41, 5.74) is 5.65. The van der Waals surface area contributed by atoms with Crippen molar-refractivity contribution in [1.82, 2.24) is 9.88 Å².